The van der Waals surface area contributed by atoms with Crippen LogP contribution in [0.1, 0.15) is 17.7 Å². The van der Waals surface area contributed by atoms with Crippen molar-refractivity contribution >= 4 is 5.69 Å². The molecule has 8 heteroatoms. The molecule has 1 aromatic heterocycles. The highest BCUT2D eigenvalue weighted by molar-refractivity contribution is 5.58. The third kappa shape index (κ3) is 2.89. The van der Waals surface area contributed by atoms with Crippen molar-refractivity contribution in [3.63, 3.8) is 0 Å². The van der Waals surface area contributed by atoms with Gasteiger partial charge in [0, 0.05) is 19.8 Å². The van der Waals surface area contributed by atoms with E-state index in [1.807, 2.05) is 18.0 Å². The number of aromatic nitrogens is 1. The minimum Gasteiger partial charge on any atom is -0.403 e. The van der Waals surface area contributed by atoms with Gasteiger partial charge in [-0.1, -0.05) is 6.07 Å². The second-order valence-corrected chi connectivity index (χ2v) is 5.71. The molecule has 2 aromatic rings. The van der Waals surface area contributed by atoms with Gasteiger partial charge >= 0.3 is 6.36 Å². The number of benzene rings is 1. The monoisotopic (exact) mass is 341 g/mol. The first kappa shape index (κ1) is 16.5. The molecule has 0 amide bonds. The molecular weight excluding hydrogens is 326 g/mol. The number of alkyl halides is 3. The van der Waals surface area contributed by atoms with E-state index < -0.39 is 23.5 Å². The molecule has 1 unspecified atom stereocenters. The Morgan fingerprint density at radius 3 is 2.71 bits per heavy atom. The summed E-state index contributed by atoms with van der Waals surface area (Å²) in [4.78, 5) is 6.29. The number of pyridine rings is 1. The second kappa shape index (κ2) is 5.62. The van der Waals surface area contributed by atoms with Crippen molar-refractivity contribution in [1.29, 1.82) is 0 Å². The van der Waals surface area contributed by atoms with Crippen LogP contribution in [0.5, 0.6) is 5.75 Å². The Morgan fingerprint density at radius 2 is 2.04 bits per heavy atom. The Bertz CT molecular complexity index is 765. The molecular formula is C16H15F4N3O. The highest BCUT2D eigenvalue weighted by atomic mass is 19.4. The lowest BCUT2D eigenvalue weighted by atomic mass is 9.80. The zero-order valence-corrected chi connectivity index (χ0v) is 12.8. The van der Waals surface area contributed by atoms with Crippen LogP contribution < -0.4 is 15.4 Å². The zero-order valence-electron chi connectivity index (χ0n) is 12.8. The van der Waals surface area contributed by atoms with Crippen LogP contribution in [0.3, 0.4) is 0 Å². The number of hydrogen-bond acceptors (Lipinski definition) is 4. The smallest absolute Gasteiger partial charge is 0.403 e. The zero-order chi connectivity index (χ0) is 17.5. The largest absolute Gasteiger partial charge is 0.573 e. The van der Waals surface area contributed by atoms with E-state index in [-0.39, 0.29) is 0 Å². The highest BCUT2D eigenvalue weighted by Crippen LogP contribution is 2.40. The molecule has 0 bridgehead atoms. The summed E-state index contributed by atoms with van der Waals surface area (Å²) in [6.45, 7) is 0.609. The average Bonchev–Trinajstić information content (AvgIpc) is 2.52. The highest BCUT2D eigenvalue weighted by Gasteiger charge is 2.39. The lowest BCUT2D eigenvalue weighted by molar-refractivity contribution is -0.275. The second-order valence-electron chi connectivity index (χ2n) is 5.71. The molecule has 1 aromatic carbocycles. The van der Waals surface area contributed by atoms with Crippen molar-refractivity contribution in [2.75, 3.05) is 18.5 Å². The van der Waals surface area contributed by atoms with Crippen LogP contribution in [0.2, 0.25) is 0 Å². The van der Waals surface area contributed by atoms with Gasteiger partial charge in [0.2, 0.25) is 0 Å². The lowest BCUT2D eigenvalue weighted by Gasteiger charge is -2.39. The van der Waals surface area contributed by atoms with Gasteiger partial charge in [-0.25, -0.2) is 4.39 Å². The predicted octanol–water partition coefficient (Wildman–Crippen LogP) is 3.16. The normalized spacial score (nSPS) is 20.7. The van der Waals surface area contributed by atoms with Crippen LogP contribution in [0.4, 0.5) is 23.2 Å². The molecule has 128 valence electrons. The van der Waals surface area contributed by atoms with E-state index in [2.05, 4.69) is 9.72 Å². The molecule has 1 aliphatic rings. The van der Waals surface area contributed by atoms with E-state index in [9.17, 15) is 17.6 Å². The standard InChI is InChI=1S/C16H15F4N3O/c1-23-8-6-15(21,14-12(23)3-2-7-22-14)10-4-5-13(11(17)9-10)24-16(18,19)20/h2-5,7,9H,6,8,21H2,1H3. The van der Waals surface area contributed by atoms with E-state index >= 15 is 0 Å². The third-order valence-electron chi connectivity index (χ3n) is 4.13. The van der Waals surface area contributed by atoms with Gasteiger partial charge in [0.25, 0.3) is 0 Å². The van der Waals surface area contributed by atoms with Crippen LogP contribution in [-0.2, 0) is 5.54 Å². The van der Waals surface area contributed by atoms with E-state index in [4.69, 9.17) is 5.73 Å². The fourth-order valence-corrected chi connectivity index (χ4v) is 2.90. The van der Waals surface area contributed by atoms with Crippen LogP contribution in [0, 0.1) is 5.82 Å². The van der Waals surface area contributed by atoms with Crippen LogP contribution >= 0.6 is 0 Å². The summed E-state index contributed by atoms with van der Waals surface area (Å²) in [5.41, 5.74) is 7.11. The van der Waals surface area contributed by atoms with Gasteiger partial charge in [0.15, 0.2) is 11.6 Å². The molecule has 4 nitrogen and oxygen atoms in total. The topological polar surface area (TPSA) is 51.4 Å². The molecule has 0 fully saturated rings. The molecule has 24 heavy (non-hydrogen) atoms. The summed E-state index contributed by atoms with van der Waals surface area (Å²) >= 11 is 0. The van der Waals surface area contributed by atoms with Crippen molar-refractivity contribution in [2.24, 2.45) is 5.73 Å². The van der Waals surface area contributed by atoms with E-state index in [0.717, 1.165) is 17.8 Å². The summed E-state index contributed by atoms with van der Waals surface area (Å²) in [6, 6.07) is 6.87. The van der Waals surface area contributed by atoms with Crippen molar-refractivity contribution in [2.45, 2.75) is 18.3 Å². The number of rotatable bonds is 2. The molecule has 1 atom stereocenters. The number of anilines is 1. The summed E-state index contributed by atoms with van der Waals surface area (Å²) in [6.07, 6.45) is -2.92. The van der Waals surface area contributed by atoms with Crippen LogP contribution in [-0.4, -0.2) is 24.9 Å². The summed E-state index contributed by atoms with van der Waals surface area (Å²) < 4.78 is 54.5. The maximum absolute atomic E-state index is 14.0. The molecule has 0 aliphatic carbocycles. The molecule has 1 aliphatic heterocycles. The number of ether oxygens (including phenoxy) is 1. The third-order valence-corrected chi connectivity index (χ3v) is 4.13. The molecule has 0 saturated carbocycles. The number of hydrogen-bond donors (Lipinski definition) is 1. The van der Waals surface area contributed by atoms with Crippen molar-refractivity contribution in [3.8, 4) is 5.75 Å². The molecule has 0 saturated heterocycles. The van der Waals surface area contributed by atoms with E-state index in [1.165, 1.54) is 6.07 Å². The first-order valence-electron chi connectivity index (χ1n) is 7.22. The average molecular weight is 341 g/mol. The lowest BCUT2D eigenvalue weighted by Crippen LogP contribution is -2.46. The first-order valence-corrected chi connectivity index (χ1v) is 7.22. The van der Waals surface area contributed by atoms with Gasteiger partial charge in [-0.3, -0.25) is 4.98 Å². The van der Waals surface area contributed by atoms with E-state index in [0.29, 0.717) is 24.2 Å². The molecule has 2 N–H and O–H groups in total. The number of fused-ring (bicyclic) bond motifs is 1. The minimum absolute atomic E-state index is 0.350. The summed E-state index contributed by atoms with van der Waals surface area (Å²) in [5, 5.41) is 0. The van der Waals surface area contributed by atoms with Gasteiger partial charge in [0.1, 0.15) is 0 Å². The van der Waals surface area contributed by atoms with Gasteiger partial charge in [-0.2, -0.15) is 0 Å². The van der Waals surface area contributed by atoms with Gasteiger partial charge < -0.3 is 15.4 Å². The number of halogens is 4. The van der Waals surface area contributed by atoms with Crippen LogP contribution in [0.15, 0.2) is 36.5 Å². The molecule has 3 rings (SSSR count). The quantitative estimate of drug-likeness (QED) is 0.853. The fraction of sp³-hybridized carbons (Fsp3) is 0.312. The first-order chi connectivity index (χ1) is 11.2. The van der Waals surface area contributed by atoms with Crippen LogP contribution in [0.25, 0.3) is 0 Å². The molecule has 0 spiro atoms. The summed E-state index contributed by atoms with van der Waals surface area (Å²) in [7, 11) is 1.89. The Labute approximate surface area is 135 Å². The number of nitrogens with zero attached hydrogens (tertiary/aromatic N) is 2. The minimum atomic E-state index is -4.95. The van der Waals surface area contributed by atoms with Crippen molar-refractivity contribution < 1.29 is 22.3 Å². The Kier molecular flexibility index (Phi) is 3.87. The van der Waals surface area contributed by atoms with E-state index in [1.54, 1.807) is 12.3 Å². The Morgan fingerprint density at radius 1 is 1.29 bits per heavy atom. The number of nitrogens with two attached hydrogens (primary N) is 1. The predicted molar refractivity (Wildman–Crippen MR) is 80.2 cm³/mol. The Hall–Kier alpha value is -2.35. The molecule has 2 heterocycles. The Balaban J connectivity index is 2.03. The SMILES string of the molecule is CN1CCC(N)(c2ccc(OC(F)(F)F)c(F)c2)c2ncccc21. The molecule has 0 radical (unpaired) electrons. The maximum Gasteiger partial charge on any atom is 0.573 e. The van der Waals surface area contributed by atoms with Crippen molar-refractivity contribution in [1.82, 2.24) is 4.98 Å². The van der Waals surface area contributed by atoms with Crippen molar-refractivity contribution in [3.05, 3.63) is 53.6 Å². The fourth-order valence-electron chi connectivity index (χ4n) is 2.90. The maximum atomic E-state index is 14.0. The van der Waals surface area contributed by atoms with Gasteiger partial charge in [-0.15, -0.1) is 13.2 Å². The van der Waals surface area contributed by atoms with Gasteiger partial charge in [0.05, 0.1) is 16.9 Å². The van der Waals surface area contributed by atoms with Gasteiger partial charge in [-0.05, 0) is 36.2 Å². The summed E-state index contributed by atoms with van der Waals surface area (Å²) in [5.74, 6) is -2.00.